The minimum Gasteiger partial charge on any atom is -0.313 e. The van der Waals surface area contributed by atoms with Gasteiger partial charge in [-0.25, -0.2) is 13.1 Å². The second-order valence-electron chi connectivity index (χ2n) is 4.61. The maximum Gasteiger partial charge on any atom is 0.240 e. The van der Waals surface area contributed by atoms with Crippen molar-refractivity contribution in [3.63, 3.8) is 0 Å². The van der Waals surface area contributed by atoms with Crippen molar-refractivity contribution in [3.05, 3.63) is 29.8 Å². The molecule has 0 radical (unpaired) electrons. The molecule has 0 aliphatic heterocycles. The summed E-state index contributed by atoms with van der Waals surface area (Å²) in [6.07, 6.45) is 0. The number of hydrogen-bond acceptors (Lipinski definition) is 4. The van der Waals surface area contributed by atoms with Crippen LogP contribution in [0.5, 0.6) is 0 Å². The molecule has 0 spiro atoms. The Morgan fingerprint density at radius 2 is 1.85 bits per heavy atom. The van der Waals surface area contributed by atoms with Gasteiger partial charge in [-0.15, -0.1) is 0 Å². The molecular weight excluding hydrogens is 292 g/mol. The summed E-state index contributed by atoms with van der Waals surface area (Å²) in [5, 5.41) is 3.21. The van der Waals surface area contributed by atoms with Gasteiger partial charge in [0.2, 0.25) is 10.0 Å². The fourth-order valence-electron chi connectivity index (χ4n) is 1.72. The monoisotopic (exact) mass is 316 g/mol. The summed E-state index contributed by atoms with van der Waals surface area (Å²) in [6.45, 7) is 7.65. The molecule has 1 atom stereocenters. The first-order valence-electron chi connectivity index (χ1n) is 6.89. The largest absolute Gasteiger partial charge is 0.313 e. The van der Waals surface area contributed by atoms with Crippen LogP contribution in [-0.2, 0) is 16.6 Å². The number of nitrogens with one attached hydrogen (secondary N) is 2. The summed E-state index contributed by atoms with van der Waals surface area (Å²) in [4.78, 5) is 0.325. The Morgan fingerprint density at radius 1 is 1.20 bits per heavy atom. The lowest BCUT2D eigenvalue weighted by Crippen LogP contribution is -2.34. The van der Waals surface area contributed by atoms with Crippen LogP contribution in [0.3, 0.4) is 0 Å². The molecule has 0 heterocycles. The van der Waals surface area contributed by atoms with Crippen molar-refractivity contribution in [3.8, 4) is 0 Å². The first-order chi connectivity index (χ1) is 9.49. The molecule has 0 amide bonds. The summed E-state index contributed by atoms with van der Waals surface area (Å²) in [6, 6.07) is 6.96. The first-order valence-corrected chi connectivity index (χ1v) is 9.53. The topological polar surface area (TPSA) is 58.2 Å². The first kappa shape index (κ1) is 17.5. The van der Waals surface area contributed by atoms with Gasteiger partial charge in [0.15, 0.2) is 0 Å². The standard InChI is InChI=1S/C14H24N2O2S2/c1-4-15-10-13-6-8-14(9-7-13)20(17,18)16-12(3)11-19-5-2/h6-9,12,15-16H,4-5,10-11H2,1-3H3. The lowest BCUT2D eigenvalue weighted by molar-refractivity contribution is 0.571. The predicted molar refractivity (Wildman–Crippen MR) is 86.6 cm³/mol. The van der Waals surface area contributed by atoms with Crippen LogP contribution >= 0.6 is 11.8 Å². The quantitative estimate of drug-likeness (QED) is 0.733. The number of sulfonamides is 1. The number of rotatable bonds is 9. The molecule has 6 heteroatoms. The van der Waals surface area contributed by atoms with Gasteiger partial charge in [-0.05, 0) is 36.9 Å². The average molecular weight is 316 g/mol. The molecule has 1 aromatic carbocycles. The Hall–Kier alpha value is -0.560. The van der Waals surface area contributed by atoms with E-state index in [4.69, 9.17) is 0 Å². The van der Waals surface area contributed by atoms with Gasteiger partial charge < -0.3 is 5.32 Å². The third-order valence-electron chi connectivity index (χ3n) is 2.74. The van der Waals surface area contributed by atoms with E-state index in [0.717, 1.165) is 30.2 Å². The maximum atomic E-state index is 12.2. The minimum absolute atomic E-state index is 0.0635. The minimum atomic E-state index is -3.41. The highest BCUT2D eigenvalue weighted by Gasteiger charge is 2.16. The highest BCUT2D eigenvalue weighted by Crippen LogP contribution is 2.12. The number of hydrogen-bond donors (Lipinski definition) is 2. The summed E-state index contributed by atoms with van der Waals surface area (Å²) < 4.78 is 27.1. The molecule has 4 nitrogen and oxygen atoms in total. The van der Waals surface area contributed by atoms with Crippen molar-refractivity contribution >= 4 is 21.8 Å². The SMILES string of the molecule is CCNCc1ccc(S(=O)(=O)NC(C)CSCC)cc1. The zero-order chi connectivity index (χ0) is 15.0. The Morgan fingerprint density at radius 3 is 2.40 bits per heavy atom. The van der Waals surface area contributed by atoms with Gasteiger partial charge in [-0.1, -0.05) is 26.0 Å². The molecule has 1 rings (SSSR count). The molecule has 0 bridgehead atoms. The van der Waals surface area contributed by atoms with Crippen LogP contribution in [0.1, 0.15) is 26.3 Å². The molecule has 114 valence electrons. The van der Waals surface area contributed by atoms with Crippen LogP contribution in [-0.4, -0.2) is 32.5 Å². The van der Waals surface area contributed by atoms with Crippen LogP contribution in [0.25, 0.3) is 0 Å². The average Bonchev–Trinajstić information content (AvgIpc) is 2.43. The van der Waals surface area contributed by atoms with E-state index in [1.165, 1.54) is 0 Å². The molecule has 0 saturated heterocycles. The zero-order valence-electron chi connectivity index (χ0n) is 12.3. The second kappa shape index (κ2) is 8.67. The van der Waals surface area contributed by atoms with E-state index in [9.17, 15) is 8.42 Å². The van der Waals surface area contributed by atoms with E-state index in [-0.39, 0.29) is 6.04 Å². The Labute approximate surface area is 126 Å². The normalized spacial score (nSPS) is 13.3. The van der Waals surface area contributed by atoms with Gasteiger partial charge in [0, 0.05) is 18.3 Å². The Kier molecular flexibility index (Phi) is 7.58. The number of thioether (sulfide) groups is 1. The number of benzene rings is 1. The highest BCUT2D eigenvalue weighted by atomic mass is 32.2. The van der Waals surface area contributed by atoms with Crippen LogP contribution < -0.4 is 10.0 Å². The molecule has 0 aromatic heterocycles. The van der Waals surface area contributed by atoms with Crippen molar-refractivity contribution in [1.29, 1.82) is 0 Å². The van der Waals surface area contributed by atoms with Crippen LogP contribution in [0, 0.1) is 0 Å². The van der Waals surface area contributed by atoms with Crippen LogP contribution in [0.2, 0.25) is 0 Å². The van der Waals surface area contributed by atoms with Crippen molar-refractivity contribution in [2.45, 2.75) is 38.3 Å². The molecule has 2 N–H and O–H groups in total. The fraction of sp³-hybridized carbons (Fsp3) is 0.571. The van der Waals surface area contributed by atoms with E-state index in [1.807, 2.05) is 26.0 Å². The molecule has 1 aromatic rings. The van der Waals surface area contributed by atoms with Gasteiger partial charge in [-0.2, -0.15) is 11.8 Å². The van der Waals surface area contributed by atoms with E-state index < -0.39 is 10.0 Å². The smallest absolute Gasteiger partial charge is 0.240 e. The lowest BCUT2D eigenvalue weighted by atomic mass is 10.2. The van der Waals surface area contributed by atoms with Gasteiger partial charge >= 0.3 is 0 Å². The van der Waals surface area contributed by atoms with Crippen LogP contribution in [0.4, 0.5) is 0 Å². The predicted octanol–water partition coefficient (Wildman–Crippen LogP) is 2.22. The molecule has 0 aliphatic carbocycles. The van der Waals surface area contributed by atoms with E-state index >= 15 is 0 Å². The molecular formula is C14H24N2O2S2. The molecule has 20 heavy (non-hydrogen) atoms. The molecule has 0 fully saturated rings. The fourth-order valence-corrected chi connectivity index (χ4v) is 3.74. The Balaban J connectivity index is 2.67. The van der Waals surface area contributed by atoms with Crippen molar-refractivity contribution < 1.29 is 8.42 Å². The summed E-state index contributed by atoms with van der Waals surface area (Å²) in [7, 11) is -3.41. The maximum absolute atomic E-state index is 12.2. The van der Waals surface area contributed by atoms with E-state index in [0.29, 0.717) is 4.90 Å². The van der Waals surface area contributed by atoms with Gasteiger partial charge in [0.1, 0.15) is 0 Å². The van der Waals surface area contributed by atoms with Gasteiger partial charge in [-0.3, -0.25) is 0 Å². The molecule has 0 aliphatic rings. The summed E-state index contributed by atoms with van der Waals surface area (Å²) >= 11 is 1.73. The van der Waals surface area contributed by atoms with Gasteiger partial charge in [0.05, 0.1) is 4.90 Å². The van der Waals surface area contributed by atoms with Crippen molar-refractivity contribution in [2.75, 3.05) is 18.1 Å². The highest BCUT2D eigenvalue weighted by molar-refractivity contribution is 7.99. The van der Waals surface area contributed by atoms with Gasteiger partial charge in [0.25, 0.3) is 0 Å². The lowest BCUT2D eigenvalue weighted by Gasteiger charge is -2.14. The summed E-state index contributed by atoms with van der Waals surface area (Å²) in [5.41, 5.74) is 1.08. The van der Waals surface area contributed by atoms with Crippen LogP contribution in [0.15, 0.2) is 29.2 Å². The van der Waals surface area contributed by atoms with Crippen molar-refractivity contribution in [2.24, 2.45) is 0 Å². The third kappa shape index (κ3) is 5.83. The van der Waals surface area contributed by atoms with E-state index in [1.54, 1.807) is 23.9 Å². The van der Waals surface area contributed by atoms with Crippen molar-refractivity contribution in [1.82, 2.24) is 10.0 Å². The zero-order valence-corrected chi connectivity index (χ0v) is 14.0. The third-order valence-corrected chi connectivity index (χ3v) is 5.49. The van der Waals surface area contributed by atoms with E-state index in [2.05, 4.69) is 17.0 Å². The second-order valence-corrected chi connectivity index (χ2v) is 7.64. The summed E-state index contributed by atoms with van der Waals surface area (Å²) in [5.74, 6) is 1.78. The molecule has 1 unspecified atom stereocenters. The molecule has 0 saturated carbocycles. The Bertz CT molecular complexity index is 486.